The Morgan fingerprint density at radius 2 is 1.82 bits per heavy atom. The van der Waals surface area contributed by atoms with E-state index in [4.69, 9.17) is 11.6 Å². The fourth-order valence-electron chi connectivity index (χ4n) is 4.46. The van der Waals surface area contributed by atoms with Crippen LogP contribution in [0.4, 0.5) is 19.0 Å². The molecule has 10 heteroatoms. The number of carbonyl (C=O) groups excluding carboxylic acids is 1. The van der Waals surface area contributed by atoms with Crippen molar-refractivity contribution in [3.8, 4) is 0 Å². The Kier molecular flexibility index (Phi) is 5.64. The normalized spacial score (nSPS) is 20.1. The Balaban J connectivity index is 1.49. The van der Waals surface area contributed by atoms with E-state index in [2.05, 4.69) is 26.3 Å². The van der Waals surface area contributed by atoms with Gasteiger partial charge in [-0.05, 0) is 35.2 Å². The number of fused-ring (bicyclic) bond motifs is 2. The lowest BCUT2D eigenvalue weighted by Crippen LogP contribution is -2.37. The first kappa shape index (κ1) is 22.3. The fraction of sp³-hybridized carbons (Fsp3) is 0.304. The number of nitrogens with zero attached hydrogens (tertiary/aromatic N) is 3. The summed E-state index contributed by atoms with van der Waals surface area (Å²) in [6.07, 6.45) is -4.15. The molecule has 0 bridgehead atoms. The van der Waals surface area contributed by atoms with E-state index >= 15 is 0 Å². The van der Waals surface area contributed by atoms with Gasteiger partial charge in [-0.3, -0.25) is 4.79 Å². The van der Waals surface area contributed by atoms with Crippen LogP contribution in [-0.2, 0) is 13.0 Å². The molecule has 0 radical (unpaired) electrons. The molecule has 2 aromatic carbocycles. The molecule has 3 heterocycles. The van der Waals surface area contributed by atoms with Gasteiger partial charge in [0.1, 0.15) is 10.8 Å². The van der Waals surface area contributed by atoms with Crippen molar-refractivity contribution >= 4 is 39.3 Å². The first-order valence-electron chi connectivity index (χ1n) is 10.4. The Morgan fingerprint density at radius 1 is 1.12 bits per heavy atom. The van der Waals surface area contributed by atoms with Crippen molar-refractivity contribution in [1.82, 2.24) is 14.7 Å². The zero-order chi connectivity index (χ0) is 23.3. The van der Waals surface area contributed by atoms with E-state index in [0.717, 1.165) is 20.3 Å². The van der Waals surface area contributed by atoms with Gasteiger partial charge in [-0.2, -0.15) is 18.3 Å². The third-order valence-electron chi connectivity index (χ3n) is 6.19. The van der Waals surface area contributed by atoms with Gasteiger partial charge in [0.25, 0.3) is 5.91 Å². The SMILES string of the molecule is O=C(c1nn2c(c1Cl)NC(c1ccc(Br)cc1)CC2C(F)(F)F)N1CCc2ccccc2C1. The van der Waals surface area contributed by atoms with Gasteiger partial charge in [-0.25, -0.2) is 4.68 Å². The average Bonchev–Trinajstić information content (AvgIpc) is 3.14. The highest BCUT2D eigenvalue weighted by molar-refractivity contribution is 9.10. The standard InChI is InChI=1S/C23H19BrClF3N4O/c24-16-7-5-14(6-8-16)17-11-18(23(26,27)28)32-21(29-17)19(25)20(30-32)22(33)31-10-9-13-3-1-2-4-15(13)12-31/h1-8,17-18,29H,9-12H2. The molecule has 0 aliphatic carbocycles. The number of nitrogens with one attached hydrogen (secondary N) is 1. The second kappa shape index (κ2) is 8.36. The number of halogens is 5. The minimum atomic E-state index is -4.55. The van der Waals surface area contributed by atoms with Crippen LogP contribution in [0.25, 0.3) is 0 Å². The lowest BCUT2D eigenvalue weighted by atomic mass is 9.97. The molecule has 0 spiro atoms. The predicted molar refractivity (Wildman–Crippen MR) is 122 cm³/mol. The molecule has 0 fully saturated rings. The average molecular weight is 540 g/mol. The Hall–Kier alpha value is -2.52. The van der Waals surface area contributed by atoms with E-state index in [0.29, 0.717) is 25.1 Å². The van der Waals surface area contributed by atoms with Crippen LogP contribution in [0.15, 0.2) is 53.0 Å². The molecule has 0 saturated carbocycles. The maximum absolute atomic E-state index is 14.0. The fourth-order valence-corrected chi connectivity index (χ4v) is 4.98. The molecule has 2 aliphatic heterocycles. The van der Waals surface area contributed by atoms with Crippen molar-refractivity contribution in [2.24, 2.45) is 0 Å². The summed E-state index contributed by atoms with van der Waals surface area (Å²) in [4.78, 5) is 14.8. The van der Waals surface area contributed by atoms with E-state index in [-0.39, 0.29) is 23.0 Å². The Bertz CT molecular complexity index is 1210. The molecule has 2 aliphatic rings. The molecule has 0 saturated heterocycles. The topological polar surface area (TPSA) is 50.2 Å². The van der Waals surface area contributed by atoms with E-state index in [1.807, 2.05) is 24.3 Å². The second-order valence-electron chi connectivity index (χ2n) is 8.24. The minimum Gasteiger partial charge on any atom is -0.362 e. The minimum absolute atomic E-state index is 0.0129. The molecule has 5 rings (SSSR count). The smallest absolute Gasteiger partial charge is 0.362 e. The van der Waals surface area contributed by atoms with Gasteiger partial charge in [-0.15, -0.1) is 0 Å². The van der Waals surface area contributed by atoms with E-state index in [1.54, 1.807) is 29.2 Å². The van der Waals surface area contributed by atoms with Crippen molar-refractivity contribution in [2.75, 3.05) is 11.9 Å². The molecule has 1 amide bonds. The zero-order valence-corrected chi connectivity index (χ0v) is 19.6. The molecule has 33 heavy (non-hydrogen) atoms. The molecule has 1 N–H and O–H groups in total. The summed E-state index contributed by atoms with van der Waals surface area (Å²) in [6, 6.07) is 12.3. The van der Waals surface area contributed by atoms with E-state index in [1.165, 1.54) is 0 Å². The highest BCUT2D eigenvalue weighted by Crippen LogP contribution is 2.46. The van der Waals surface area contributed by atoms with E-state index in [9.17, 15) is 18.0 Å². The van der Waals surface area contributed by atoms with Gasteiger partial charge in [0, 0.05) is 24.0 Å². The number of rotatable bonds is 2. The van der Waals surface area contributed by atoms with Crippen molar-refractivity contribution in [3.05, 3.63) is 80.4 Å². The van der Waals surface area contributed by atoms with Crippen LogP contribution >= 0.6 is 27.5 Å². The number of hydrogen-bond acceptors (Lipinski definition) is 3. The number of benzene rings is 2. The van der Waals surface area contributed by atoms with Crippen molar-refractivity contribution in [1.29, 1.82) is 0 Å². The first-order valence-corrected chi connectivity index (χ1v) is 11.6. The number of amides is 1. The summed E-state index contributed by atoms with van der Waals surface area (Å²) in [6.45, 7) is 0.817. The molecular weight excluding hydrogens is 521 g/mol. The van der Waals surface area contributed by atoms with Crippen molar-refractivity contribution in [2.45, 2.75) is 37.6 Å². The van der Waals surface area contributed by atoms with Gasteiger partial charge in [0.2, 0.25) is 0 Å². The second-order valence-corrected chi connectivity index (χ2v) is 9.54. The van der Waals surface area contributed by atoms with Crippen LogP contribution in [0.2, 0.25) is 5.02 Å². The Morgan fingerprint density at radius 3 is 2.52 bits per heavy atom. The van der Waals surface area contributed by atoms with Gasteiger partial charge in [-0.1, -0.05) is 63.9 Å². The highest BCUT2D eigenvalue weighted by Gasteiger charge is 2.48. The molecule has 2 atom stereocenters. The summed E-state index contributed by atoms with van der Waals surface area (Å²) in [5.41, 5.74) is 2.70. The molecule has 3 aromatic rings. The largest absolute Gasteiger partial charge is 0.410 e. The summed E-state index contributed by atoms with van der Waals surface area (Å²) in [7, 11) is 0. The lowest BCUT2D eigenvalue weighted by molar-refractivity contribution is -0.173. The van der Waals surface area contributed by atoms with Gasteiger partial charge in [0.15, 0.2) is 11.7 Å². The van der Waals surface area contributed by atoms with E-state index < -0.39 is 24.2 Å². The molecule has 5 nitrogen and oxygen atoms in total. The van der Waals surface area contributed by atoms with Crippen molar-refractivity contribution < 1.29 is 18.0 Å². The zero-order valence-electron chi connectivity index (χ0n) is 17.2. The monoisotopic (exact) mass is 538 g/mol. The molecular formula is C23H19BrClF3N4O. The van der Waals surface area contributed by atoms with Crippen LogP contribution in [0, 0.1) is 0 Å². The number of hydrogen-bond donors (Lipinski definition) is 1. The molecule has 172 valence electrons. The third kappa shape index (κ3) is 4.12. The first-order chi connectivity index (χ1) is 15.7. The maximum atomic E-state index is 14.0. The molecule has 1 aromatic heterocycles. The Labute approximate surface area is 201 Å². The van der Waals surface area contributed by atoms with Crippen LogP contribution in [0.3, 0.4) is 0 Å². The van der Waals surface area contributed by atoms with Gasteiger partial charge >= 0.3 is 6.18 Å². The summed E-state index contributed by atoms with van der Waals surface area (Å²) in [5.74, 6) is -0.460. The number of anilines is 1. The maximum Gasteiger partial charge on any atom is 0.410 e. The summed E-state index contributed by atoms with van der Waals surface area (Å²) < 4.78 is 43.7. The lowest BCUT2D eigenvalue weighted by Gasteiger charge is -2.33. The van der Waals surface area contributed by atoms with Crippen LogP contribution < -0.4 is 5.32 Å². The number of alkyl halides is 3. The number of aromatic nitrogens is 2. The third-order valence-corrected chi connectivity index (χ3v) is 7.08. The number of carbonyl (C=O) groups is 1. The molecule has 2 unspecified atom stereocenters. The summed E-state index contributed by atoms with van der Waals surface area (Å²) >= 11 is 9.82. The highest BCUT2D eigenvalue weighted by atomic mass is 79.9. The van der Waals surface area contributed by atoms with Gasteiger partial charge in [0.05, 0.1) is 6.04 Å². The summed E-state index contributed by atoms with van der Waals surface area (Å²) in [5, 5.41) is 7.07. The van der Waals surface area contributed by atoms with Crippen LogP contribution in [-0.4, -0.2) is 33.3 Å². The quantitative estimate of drug-likeness (QED) is 0.425. The van der Waals surface area contributed by atoms with Crippen molar-refractivity contribution in [3.63, 3.8) is 0 Å². The predicted octanol–water partition coefficient (Wildman–Crippen LogP) is 6.16. The van der Waals surface area contributed by atoms with Crippen LogP contribution in [0.1, 0.15) is 45.7 Å². The van der Waals surface area contributed by atoms with Gasteiger partial charge < -0.3 is 10.2 Å². The van der Waals surface area contributed by atoms with Crippen LogP contribution in [0.5, 0.6) is 0 Å².